The fraction of sp³-hybridized carbons (Fsp3) is 0.900. The van der Waals surface area contributed by atoms with Crippen LogP contribution in [-0.2, 0) is 9.53 Å². The smallest absolute Gasteiger partial charge is 0.293 e. The monoisotopic (exact) mass is 172 g/mol. The van der Waals surface area contributed by atoms with E-state index in [9.17, 15) is 4.79 Å². The number of ether oxygens (including phenoxy) is 1. The summed E-state index contributed by atoms with van der Waals surface area (Å²) in [5, 5.41) is 0. The molecule has 0 rings (SSSR count). The highest BCUT2D eigenvalue weighted by Gasteiger charge is 2.30. The van der Waals surface area contributed by atoms with Gasteiger partial charge in [0.15, 0.2) is 0 Å². The van der Waals surface area contributed by atoms with Crippen molar-refractivity contribution in [3.05, 3.63) is 0 Å². The molecule has 0 N–H and O–H groups in total. The van der Waals surface area contributed by atoms with Crippen LogP contribution in [0.2, 0.25) is 0 Å². The Hall–Kier alpha value is -0.530. The molecule has 0 fully saturated rings. The quantitative estimate of drug-likeness (QED) is 0.609. The van der Waals surface area contributed by atoms with E-state index in [1.54, 1.807) is 0 Å². The summed E-state index contributed by atoms with van der Waals surface area (Å²) >= 11 is 0. The molecule has 2 nitrogen and oxygen atoms in total. The molecule has 0 aromatic heterocycles. The maximum atomic E-state index is 10.3. The third-order valence-electron chi connectivity index (χ3n) is 2.22. The van der Waals surface area contributed by atoms with E-state index in [4.69, 9.17) is 4.74 Å². The lowest BCUT2D eigenvalue weighted by Crippen LogP contribution is -2.34. The Morgan fingerprint density at radius 3 is 2.17 bits per heavy atom. The molecular weight excluding hydrogens is 152 g/mol. The average Bonchev–Trinajstić information content (AvgIpc) is 1.96. The molecule has 0 aliphatic heterocycles. The van der Waals surface area contributed by atoms with E-state index >= 15 is 0 Å². The van der Waals surface area contributed by atoms with Crippen molar-refractivity contribution in [3.8, 4) is 0 Å². The van der Waals surface area contributed by atoms with E-state index < -0.39 is 0 Å². The summed E-state index contributed by atoms with van der Waals surface area (Å²) in [5.41, 5.74) is 0.0380. The van der Waals surface area contributed by atoms with E-state index in [1.807, 2.05) is 0 Å². The van der Waals surface area contributed by atoms with Gasteiger partial charge in [-0.3, -0.25) is 4.79 Å². The van der Waals surface area contributed by atoms with Crippen LogP contribution in [0.25, 0.3) is 0 Å². The molecule has 0 heterocycles. The van der Waals surface area contributed by atoms with Crippen LogP contribution >= 0.6 is 0 Å². The van der Waals surface area contributed by atoms with Gasteiger partial charge in [0.05, 0.1) is 0 Å². The fourth-order valence-electron chi connectivity index (χ4n) is 1.47. The van der Waals surface area contributed by atoms with Crippen LogP contribution in [0.4, 0.5) is 0 Å². The summed E-state index contributed by atoms with van der Waals surface area (Å²) in [6.07, 6.45) is 1.07. The van der Waals surface area contributed by atoms with Crippen molar-refractivity contribution in [1.29, 1.82) is 0 Å². The highest BCUT2D eigenvalue weighted by atomic mass is 16.5. The molecule has 2 unspecified atom stereocenters. The molecule has 2 atom stereocenters. The van der Waals surface area contributed by atoms with E-state index in [1.165, 1.54) is 0 Å². The topological polar surface area (TPSA) is 26.3 Å². The second kappa shape index (κ2) is 4.48. The lowest BCUT2D eigenvalue weighted by Gasteiger charge is -2.33. The predicted molar refractivity (Wildman–Crippen MR) is 49.8 cm³/mol. The Kier molecular flexibility index (Phi) is 4.29. The lowest BCUT2D eigenvalue weighted by molar-refractivity contribution is -0.142. The first-order chi connectivity index (χ1) is 5.43. The summed E-state index contributed by atoms with van der Waals surface area (Å²) in [7, 11) is 0. The number of hydrogen-bond acceptors (Lipinski definition) is 2. The van der Waals surface area contributed by atoms with Crippen molar-refractivity contribution in [2.24, 2.45) is 11.3 Å². The van der Waals surface area contributed by atoms with E-state index in [-0.39, 0.29) is 11.5 Å². The summed E-state index contributed by atoms with van der Waals surface area (Å²) < 4.78 is 5.08. The minimum absolute atomic E-state index is 0.0278. The molecule has 0 aromatic rings. The molecule has 72 valence electrons. The highest BCUT2D eigenvalue weighted by Crippen LogP contribution is 2.29. The first-order valence-electron chi connectivity index (χ1n) is 4.52. The molecule has 0 saturated heterocycles. The second-order valence-electron chi connectivity index (χ2n) is 4.40. The molecule has 0 amide bonds. The van der Waals surface area contributed by atoms with Gasteiger partial charge in [0.1, 0.15) is 6.10 Å². The number of rotatable bonds is 4. The standard InChI is InChI=1S/C10H20O2/c1-6-8(2)9(12-7-11)10(3,4)5/h7-9H,6H2,1-5H3. The molecule has 12 heavy (non-hydrogen) atoms. The molecule has 0 saturated carbocycles. The molecule has 0 radical (unpaired) electrons. The third-order valence-corrected chi connectivity index (χ3v) is 2.22. The van der Waals surface area contributed by atoms with Crippen molar-refractivity contribution < 1.29 is 9.53 Å². The van der Waals surface area contributed by atoms with Crippen molar-refractivity contribution in [2.75, 3.05) is 0 Å². The molecule has 0 bridgehead atoms. The van der Waals surface area contributed by atoms with Crippen molar-refractivity contribution >= 4 is 6.47 Å². The summed E-state index contributed by atoms with van der Waals surface area (Å²) in [6.45, 7) is 11.0. The van der Waals surface area contributed by atoms with Gasteiger partial charge in [-0.15, -0.1) is 0 Å². The Morgan fingerprint density at radius 1 is 1.42 bits per heavy atom. The van der Waals surface area contributed by atoms with Crippen LogP contribution in [-0.4, -0.2) is 12.6 Å². The predicted octanol–water partition coefficient (Wildman–Crippen LogP) is 2.62. The fourth-order valence-corrected chi connectivity index (χ4v) is 1.47. The van der Waals surface area contributed by atoms with E-state index in [2.05, 4.69) is 34.6 Å². The largest absolute Gasteiger partial charge is 0.464 e. The molecule has 0 aliphatic rings. The first kappa shape index (κ1) is 11.5. The number of carbonyl (C=O) groups excluding carboxylic acids is 1. The van der Waals surface area contributed by atoms with Gasteiger partial charge in [0.25, 0.3) is 6.47 Å². The van der Waals surface area contributed by atoms with Crippen LogP contribution in [0.1, 0.15) is 41.0 Å². The van der Waals surface area contributed by atoms with Crippen molar-refractivity contribution in [3.63, 3.8) is 0 Å². The third kappa shape index (κ3) is 3.24. The highest BCUT2D eigenvalue weighted by molar-refractivity contribution is 5.37. The maximum absolute atomic E-state index is 10.3. The molecule has 0 aromatic carbocycles. The number of carbonyl (C=O) groups is 1. The number of hydrogen-bond donors (Lipinski definition) is 0. The van der Waals surface area contributed by atoms with Crippen LogP contribution in [0.15, 0.2) is 0 Å². The maximum Gasteiger partial charge on any atom is 0.293 e. The minimum Gasteiger partial charge on any atom is -0.464 e. The summed E-state index contributed by atoms with van der Waals surface area (Å²) in [6, 6.07) is 0. The lowest BCUT2D eigenvalue weighted by atomic mass is 9.81. The van der Waals surface area contributed by atoms with Crippen molar-refractivity contribution in [1.82, 2.24) is 0 Å². The Bertz CT molecular complexity index is 135. The van der Waals surface area contributed by atoms with Gasteiger partial charge in [-0.05, 0) is 11.3 Å². The van der Waals surface area contributed by atoms with E-state index in [0.29, 0.717) is 12.4 Å². The minimum atomic E-state index is 0.0278. The van der Waals surface area contributed by atoms with Crippen molar-refractivity contribution in [2.45, 2.75) is 47.1 Å². The normalized spacial score (nSPS) is 16.8. The molecular formula is C10H20O2. The Balaban J connectivity index is 4.31. The zero-order chi connectivity index (χ0) is 9.78. The Morgan fingerprint density at radius 2 is 1.92 bits per heavy atom. The van der Waals surface area contributed by atoms with Crippen LogP contribution in [0.5, 0.6) is 0 Å². The van der Waals surface area contributed by atoms with Crippen LogP contribution in [0, 0.1) is 11.3 Å². The average molecular weight is 172 g/mol. The van der Waals surface area contributed by atoms with Gasteiger partial charge >= 0.3 is 0 Å². The van der Waals surface area contributed by atoms with E-state index in [0.717, 1.165) is 6.42 Å². The van der Waals surface area contributed by atoms with Crippen LogP contribution in [0.3, 0.4) is 0 Å². The van der Waals surface area contributed by atoms with Crippen LogP contribution < -0.4 is 0 Å². The molecule has 0 spiro atoms. The molecule has 0 aliphatic carbocycles. The van der Waals surface area contributed by atoms with Gasteiger partial charge in [-0.25, -0.2) is 0 Å². The molecule has 2 heteroatoms. The SMILES string of the molecule is CCC(C)C(OC=O)C(C)(C)C. The van der Waals surface area contributed by atoms with Gasteiger partial charge in [-0.1, -0.05) is 41.0 Å². The van der Waals surface area contributed by atoms with Gasteiger partial charge in [0, 0.05) is 0 Å². The van der Waals surface area contributed by atoms with Gasteiger partial charge in [0.2, 0.25) is 0 Å². The summed E-state index contributed by atoms with van der Waals surface area (Å²) in [4.78, 5) is 10.3. The van der Waals surface area contributed by atoms with Gasteiger partial charge < -0.3 is 4.74 Å². The second-order valence-corrected chi connectivity index (χ2v) is 4.40. The zero-order valence-corrected chi connectivity index (χ0v) is 8.76. The first-order valence-corrected chi connectivity index (χ1v) is 4.52. The Labute approximate surface area is 75.3 Å². The summed E-state index contributed by atoms with van der Waals surface area (Å²) in [5.74, 6) is 0.426. The zero-order valence-electron chi connectivity index (χ0n) is 8.76. The van der Waals surface area contributed by atoms with Gasteiger partial charge in [-0.2, -0.15) is 0 Å².